The maximum absolute atomic E-state index is 5.56. The second-order valence-electron chi connectivity index (χ2n) is 4.93. The summed E-state index contributed by atoms with van der Waals surface area (Å²) in [6.07, 6.45) is 6.18. The fourth-order valence-electron chi connectivity index (χ4n) is 2.05. The average Bonchev–Trinajstić information content (AvgIpc) is 2.66. The van der Waals surface area contributed by atoms with Crippen molar-refractivity contribution in [1.82, 2.24) is 5.32 Å². The highest BCUT2D eigenvalue weighted by atomic mass is 16.7. The molecule has 1 fully saturated rings. The van der Waals surface area contributed by atoms with Crippen molar-refractivity contribution in [2.45, 2.75) is 64.7 Å². The lowest BCUT2D eigenvalue weighted by Crippen LogP contribution is -2.34. The fourth-order valence-corrected chi connectivity index (χ4v) is 2.05. The maximum Gasteiger partial charge on any atom is 0.166 e. The summed E-state index contributed by atoms with van der Waals surface area (Å²) in [5.74, 6) is -0.337. The van der Waals surface area contributed by atoms with Gasteiger partial charge in [-0.05, 0) is 20.3 Å². The molecule has 1 aliphatic rings. The minimum Gasteiger partial charge on any atom is -0.348 e. The maximum atomic E-state index is 5.56. The van der Waals surface area contributed by atoms with Gasteiger partial charge >= 0.3 is 0 Å². The van der Waals surface area contributed by atoms with Gasteiger partial charge in [-0.2, -0.15) is 0 Å². The third-order valence-electron chi connectivity index (χ3n) is 3.21. The molecule has 1 heterocycles. The zero-order chi connectivity index (χ0) is 11.9. The van der Waals surface area contributed by atoms with Crippen LogP contribution < -0.4 is 5.32 Å². The summed E-state index contributed by atoms with van der Waals surface area (Å²) in [6.45, 7) is 8.99. The molecule has 0 radical (unpaired) electrons. The molecule has 0 saturated carbocycles. The van der Waals surface area contributed by atoms with E-state index in [2.05, 4.69) is 19.2 Å². The van der Waals surface area contributed by atoms with Crippen LogP contribution in [-0.4, -0.2) is 31.6 Å². The van der Waals surface area contributed by atoms with E-state index in [1.807, 2.05) is 6.92 Å². The van der Waals surface area contributed by atoms with Crippen molar-refractivity contribution in [3.05, 3.63) is 0 Å². The summed E-state index contributed by atoms with van der Waals surface area (Å²) < 4.78 is 11.1. The molecule has 0 aromatic heterocycles. The molecular formula is C13H27NO2. The Morgan fingerprint density at radius 2 is 1.94 bits per heavy atom. The largest absolute Gasteiger partial charge is 0.348 e. The Hall–Kier alpha value is -0.120. The van der Waals surface area contributed by atoms with E-state index in [1.54, 1.807) is 0 Å². The Bertz CT molecular complexity index is 179. The second kappa shape index (κ2) is 7.25. The van der Waals surface area contributed by atoms with Gasteiger partial charge in [-0.3, -0.25) is 0 Å². The zero-order valence-corrected chi connectivity index (χ0v) is 11.1. The topological polar surface area (TPSA) is 30.5 Å². The van der Waals surface area contributed by atoms with Crippen molar-refractivity contribution >= 4 is 0 Å². The van der Waals surface area contributed by atoms with Gasteiger partial charge < -0.3 is 14.8 Å². The third-order valence-corrected chi connectivity index (χ3v) is 3.21. The summed E-state index contributed by atoms with van der Waals surface area (Å²) in [4.78, 5) is 0. The summed E-state index contributed by atoms with van der Waals surface area (Å²) >= 11 is 0. The zero-order valence-electron chi connectivity index (χ0n) is 11.1. The van der Waals surface area contributed by atoms with Gasteiger partial charge in [0.25, 0.3) is 0 Å². The van der Waals surface area contributed by atoms with E-state index in [-0.39, 0.29) is 5.79 Å². The third kappa shape index (κ3) is 5.28. The number of nitrogens with one attached hydrogen (secondary N) is 1. The van der Waals surface area contributed by atoms with Crippen molar-refractivity contribution in [1.29, 1.82) is 0 Å². The first-order chi connectivity index (χ1) is 7.66. The Balaban J connectivity index is 2.01. The van der Waals surface area contributed by atoms with Crippen molar-refractivity contribution in [3.63, 3.8) is 0 Å². The first-order valence-corrected chi connectivity index (χ1v) is 6.67. The summed E-state index contributed by atoms with van der Waals surface area (Å²) in [7, 11) is 0. The van der Waals surface area contributed by atoms with Crippen LogP contribution in [0.1, 0.15) is 52.9 Å². The molecule has 0 spiro atoms. The number of rotatable bonds is 8. The van der Waals surface area contributed by atoms with Crippen LogP contribution >= 0.6 is 0 Å². The molecule has 1 atom stereocenters. The van der Waals surface area contributed by atoms with Crippen LogP contribution in [0, 0.1) is 0 Å². The lowest BCUT2D eigenvalue weighted by atomic mass is 10.1. The first kappa shape index (κ1) is 13.9. The van der Waals surface area contributed by atoms with Crippen LogP contribution in [-0.2, 0) is 9.47 Å². The van der Waals surface area contributed by atoms with E-state index in [9.17, 15) is 0 Å². The lowest BCUT2D eigenvalue weighted by molar-refractivity contribution is -0.145. The van der Waals surface area contributed by atoms with Gasteiger partial charge in [0.1, 0.15) is 0 Å². The normalized spacial score (nSPS) is 21.2. The van der Waals surface area contributed by atoms with Crippen LogP contribution in [0.5, 0.6) is 0 Å². The highest BCUT2D eigenvalue weighted by molar-refractivity contribution is 4.71. The molecule has 16 heavy (non-hydrogen) atoms. The van der Waals surface area contributed by atoms with Crippen LogP contribution in [0.4, 0.5) is 0 Å². The molecule has 0 aromatic carbocycles. The second-order valence-corrected chi connectivity index (χ2v) is 4.93. The molecule has 3 nitrogen and oxygen atoms in total. The van der Waals surface area contributed by atoms with Crippen molar-refractivity contribution in [3.8, 4) is 0 Å². The molecule has 96 valence electrons. The molecule has 0 bridgehead atoms. The summed E-state index contributed by atoms with van der Waals surface area (Å²) in [6, 6.07) is 0.608. The highest BCUT2D eigenvalue weighted by Gasteiger charge is 2.30. The molecular weight excluding hydrogens is 202 g/mol. The fraction of sp³-hybridized carbons (Fsp3) is 1.00. The summed E-state index contributed by atoms with van der Waals surface area (Å²) in [5, 5.41) is 3.53. The molecule has 3 heteroatoms. The minimum atomic E-state index is -0.337. The number of hydrogen-bond donors (Lipinski definition) is 1. The van der Waals surface area contributed by atoms with Crippen molar-refractivity contribution in [2.24, 2.45) is 0 Å². The van der Waals surface area contributed by atoms with Gasteiger partial charge in [-0.1, -0.05) is 26.2 Å². The van der Waals surface area contributed by atoms with Crippen LogP contribution in [0.15, 0.2) is 0 Å². The van der Waals surface area contributed by atoms with Gasteiger partial charge in [0.15, 0.2) is 5.79 Å². The van der Waals surface area contributed by atoms with Gasteiger partial charge in [0.05, 0.1) is 13.2 Å². The predicted octanol–water partition coefficient (Wildman–Crippen LogP) is 2.70. The predicted molar refractivity (Wildman–Crippen MR) is 66.5 cm³/mol. The molecule has 0 aromatic rings. The van der Waals surface area contributed by atoms with E-state index in [4.69, 9.17) is 9.47 Å². The molecule has 1 rings (SSSR count). The standard InChI is InChI=1S/C13H27NO2/c1-4-5-6-7-12(2)14-9-8-13(3)15-10-11-16-13/h12,14H,4-11H2,1-3H3. The van der Waals surface area contributed by atoms with Gasteiger partial charge in [0.2, 0.25) is 0 Å². The smallest absolute Gasteiger partial charge is 0.166 e. The molecule has 1 unspecified atom stereocenters. The Kier molecular flexibility index (Phi) is 6.32. The number of hydrogen-bond acceptors (Lipinski definition) is 3. The SMILES string of the molecule is CCCCCC(C)NCCC1(C)OCCO1. The van der Waals surface area contributed by atoms with E-state index in [1.165, 1.54) is 25.7 Å². The Labute approximate surface area is 99.9 Å². The minimum absolute atomic E-state index is 0.337. The highest BCUT2D eigenvalue weighted by Crippen LogP contribution is 2.21. The molecule has 1 N–H and O–H groups in total. The first-order valence-electron chi connectivity index (χ1n) is 6.67. The van der Waals surface area contributed by atoms with E-state index < -0.39 is 0 Å². The lowest BCUT2D eigenvalue weighted by Gasteiger charge is -2.23. The quantitative estimate of drug-likeness (QED) is 0.649. The summed E-state index contributed by atoms with van der Waals surface area (Å²) in [5.41, 5.74) is 0. The number of ether oxygens (including phenoxy) is 2. The molecule has 1 saturated heterocycles. The molecule has 1 aliphatic heterocycles. The van der Waals surface area contributed by atoms with E-state index in [0.717, 1.165) is 26.2 Å². The monoisotopic (exact) mass is 229 g/mol. The Morgan fingerprint density at radius 3 is 2.56 bits per heavy atom. The van der Waals surface area contributed by atoms with Crippen LogP contribution in [0.3, 0.4) is 0 Å². The van der Waals surface area contributed by atoms with Crippen LogP contribution in [0.25, 0.3) is 0 Å². The number of unbranched alkanes of at least 4 members (excludes halogenated alkanes) is 2. The van der Waals surface area contributed by atoms with Gasteiger partial charge in [-0.25, -0.2) is 0 Å². The molecule has 0 amide bonds. The van der Waals surface area contributed by atoms with E-state index in [0.29, 0.717) is 6.04 Å². The van der Waals surface area contributed by atoms with Crippen molar-refractivity contribution in [2.75, 3.05) is 19.8 Å². The van der Waals surface area contributed by atoms with Gasteiger partial charge in [-0.15, -0.1) is 0 Å². The van der Waals surface area contributed by atoms with Gasteiger partial charge in [0, 0.05) is 19.0 Å². The van der Waals surface area contributed by atoms with Crippen molar-refractivity contribution < 1.29 is 9.47 Å². The van der Waals surface area contributed by atoms with Crippen LogP contribution in [0.2, 0.25) is 0 Å². The van der Waals surface area contributed by atoms with E-state index >= 15 is 0 Å². The average molecular weight is 229 g/mol. The Morgan fingerprint density at radius 1 is 1.25 bits per heavy atom. The molecule has 0 aliphatic carbocycles.